The number of aromatic nitrogens is 1. The number of carbonyl (C=O) groups is 2. The Balaban J connectivity index is 1.44. The topological polar surface area (TPSA) is 119 Å². The third-order valence-electron chi connectivity index (χ3n) is 6.46. The van der Waals surface area contributed by atoms with Crippen molar-refractivity contribution in [2.75, 3.05) is 6.54 Å². The molecule has 2 fully saturated rings. The number of benzene rings is 1. The van der Waals surface area contributed by atoms with E-state index in [1.807, 2.05) is 36.4 Å². The molecule has 0 spiro atoms. The molecule has 8 heteroatoms. The number of likely N-dealkylation sites (tertiary alicyclic amines) is 1. The van der Waals surface area contributed by atoms with E-state index in [-0.39, 0.29) is 11.8 Å². The number of hydrogen-bond donors (Lipinski definition) is 1. The van der Waals surface area contributed by atoms with Crippen LogP contribution in [0.1, 0.15) is 63.6 Å². The van der Waals surface area contributed by atoms with Gasteiger partial charge in [-0.2, -0.15) is 10.5 Å². The van der Waals surface area contributed by atoms with Crippen LogP contribution in [0.25, 0.3) is 11.1 Å². The van der Waals surface area contributed by atoms with Gasteiger partial charge in [-0.3, -0.25) is 9.69 Å². The van der Waals surface area contributed by atoms with Crippen LogP contribution < -0.4 is 5.32 Å². The van der Waals surface area contributed by atoms with Crippen molar-refractivity contribution >= 4 is 12.0 Å². The first kappa shape index (κ1) is 24.2. The lowest BCUT2D eigenvalue weighted by Crippen LogP contribution is -2.55. The minimum absolute atomic E-state index is 0.122. The van der Waals surface area contributed by atoms with Crippen LogP contribution in [-0.4, -0.2) is 45.6 Å². The van der Waals surface area contributed by atoms with Crippen molar-refractivity contribution < 1.29 is 14.3 Å². The standard InChI is InChI=1S/C27H29N5O3/c1-26(2,3)35-25(34)32-13-5-4-6-23(32)24(33)31-27(17-29)14-22(27)19-9-7-18(8-10-19)20-11-12-21(15-28)30-16-20/h7-12,16,22-23H,4-6,13-14H2,1-3H3,(H,31,33)/t22-,23-,27?/m0/s1. The minimum Gasteiger partial charge on any atom is -0.444 e. The Kier molecular flexibility index (Phi) is 6.49. The molecule has 2 aromatic rings. The van der Waals surface area contributed by atoms with Crippen molar-refractivity contribution in [1.29, 1.82) is 10.5 Å². The highest BCUT2D eigenvalue weighted by Gasteiger charge is 2.57. The number of carbonyl (C=O) groups excluding carboxylic acids is 2. The molecule has 1 aliphatic heterocycles. The molecule has 1 saturated heterocycles. The number of pyridine rings is 1. The van der Waals surface area contributed by atoms with E-state index in [4.69, 9.17) is 10.00 Å². The van der Waals surface area contributed by atoms with Crippen molar-refractivity contribution in [2.45, 2.75) is 69.6 Å². The second kappa shape index (κ2) is 9.38. The fraction of sp³-hybridized carbons (Fsp3) is 0.444. The third-order valence-corrected chi connectivity index (χ3v) is 6.46. The molecule has 180 valence electrons. The smallest absolute Gasteiger partial charge is 0.410 e. The monoisotopic (exact) mass is 471 g/mol. The number of nitriles is 2. The molecule has 1 aromatic heterocycles. The summed E-state index contributed by atoms with van der Waals surface area (Å²) < 4.78 is 5.50. The summed E-state index contributed by atoms with van der Waals surface area (Å²) in [5, 5.41) is 21.8. The van der Waals surface area contributed by atoms with Crippen LogP contribution in [0.2, 0.25) is 0 Å². The van der Waals surface area contributed by atoms with Gasteiger partial charge in [-0.15, -0.1) is 0 Å². The van der Waals surface area contributed by atoms with Crippen LogP contribution in [-0.2, 0) is 9.53 Å². The van der Waals surface area contributed by atoms with E-state index in [0.717, 1.165) is 29.5 Å². The minimum atomic E-state index is -0.981. The SMILES string of the molecule is CC(C)(C)OC(=O)N1CCCC[C@H]1C(=O)NC1(C#N)C[C@H]1c1ccc(-c2ccc(C#N)nc2)cc1. The van der Waals surface area contributed by atoms with Gasteiger partial charge < -0.3 is 10.1 Å². The first-order valence-corrected chi connectivity index (χ1v) is 11.9. The molecule has 2 aliphatic rings. The number of amides is 2. The largest absolute Gasteiger partial charge is 0.444 e. The van der Waals surface area contributed by atoms with Crippen molar-refractivity contribution in [1.82, 2.24) is 15.2 Å². The summed E-state index contributed by atoms with van der Waals surface area (Å²) >= 11 is 0. The molecule has 4 rings (SSSR count). The lowest BCUT2D eigenvalue weighted by molar-refractivity contribution is -0.128. The van der Waals surface area contributed by atoms with E-state index in [9.17, 15) is 14.9 Å². The Labute approximate surface area is 205 Å². The van der Waals surface area contributed by atoms with Gasteiger partial charge in [0.25, 0.3) is 0 Å². The summed E-state index contributed by atoms with van der Waals surface area (Å²) in [6.45, 7) is 5.85. The van der Waals surface area contributed by atoms with Gasteiger partial charge in [0.2, 0.25) is 5.91 Å². The summed E-state index contributed by atoms with van der Waals surface area (Å²) in [5.74, 6) is -0.428. The molecular weight excluding hydrogens is 442 g/mol. The Morgan fingerprint density at radius 1 is 1.11 bits per heavy atom. The van der Waals surface area contributed by atoms with Gasteiger partial charge in [-0.25, -0.2) is 9.78 Å². The number of nitrogens with zero attached hydrogens (tertiary/aromatic N) is 4. The lowest BCUT2D eigenvalue weighted by atomic mass is 9.99. The molecule has 1 aliphatic carbocycles. The number of piperidine rings is 1. The van der Waals surface area contributed by atoms with Crippen LogP contribution in [0.5, 0.6) is 0 Å². The van der Waals surface area contributed by atoms with Crippen LogP contribution >= 0.6 is 0 Å². The van der Waals surface area contributed by atoms with Crippen molar-refractivity contribution in [2.24, 2.45) is 0 Å². The summed E-state index contributed by atoms with van der Waals surface area (Å²) in [4.78, 5) is 31.5. The van der Waals surface area contributed by atoms with Gasteiger partial charge in [-0.05, 0) is 69.7 Å². The number of hydrogen-bond acceptors (Lipinski definition) is 6. The van der Waals surface area contributed by atoms with Crippen LogP contribution in [0, 0.1) is 22.7 Å². The van der Waals surface area contributed by atoms with Gasteiger partial charge >= 0.3 is 6.09 Å². The molecule has 1 saturated carbocycles. The normalized spacial score (nSPS) is 23.5. The zero-order valence-electron chi connectivity index (χ0n) is 20.2. The van der Waals surface area contributed by atoms with E-state index >= 15 is 0 Å². The summed E-state index contributed by atoms with van der Waals surface area (Å²) in [6.07, 6.45) is 3.88. The molecule has 8 nitrogen and oxygen atoms in total. The van der Waals surface area contributed by atoms with Gasteiger partial charge in [0.15, 0.2) is 0 Å². The zero-order chi connectivity index (χ0) is 25.2. The maximum Gasteiger partial charge on any atom is 0.410 e. The molecule has 0 bridgehead atoms. The molecule has 35 heavy (non-hydrogen) atoms. The first-order valence-electron chi connectivity index (χ1n) is 11.9. The highest BCUT2D eigenvalue weighted by Crippen LogP contribution is 2.51. The summed E-state index contributed by atoms with van der Waals surface area (Å²) in [6, 6.07) is 15.0. The number of nitrogens with one attached hydrogen (secondary N) is 1. The molecule has 2 amide bonds. The van der Waals surface area contributed by atoms with Gasteiger partial charge in [0, 0.05) is 24.2 Å². The molecule has 3 atom stereocenters. The molecule has 1 aromatic carbocycles. The fourth-order valence-electron chi connectivity index (χ4n) is 4.54. The van der Waals surface area contributed by atoms with Gasteiger partial charge in [0.05, 0.1) is 6.07 Å². The highest BCUT2D eigenvalue weighted by molar-refractivity contribution is 5.87. The molecule has 2 heterocycles. The predicted molar refractivity (Wildman–Crippen MR) is 129 cm³/mol. The van der Waals surface area contributed by atoms with Crippen molar-refractivity contribution in [3.8, 4) is 23.3 Å². The second-order valence-electron chi connectivity index (χ2n) is 10.2. The maximum atomic E-state index is 13.2. The van der Waals surface area contributed by atoms with E-state index < -0.39 is 23.3 Å². The molecule has 0 radical (unpaired) electrons. The summed E-state index contributed by atoms with van der Waals surface area (Å²) in [7, 11) is 0. The lowest BCUT2D eigenvalue weighted by Gasteiger charge is -2.36. The van der Waals surface area contributed by atoms with Crippen molar-refractivity contribution in [3.05, 3.63) is 53.9 Å². The Morgan fingerprint density at radius 3 is 2.43 bits per heavy atom. The quantitative estimate of drug-likeness (QED) is 0.711. The Bertz CT molecular complexity index is 1190. The second-order valence-corrected chi connectivity index (χ2v) is 10.2. The van der Waals surface area contributed by atoms with Crippen LogP contribution in [0.15, 0.2) is 42.6 Å². The molecule has 1 N–H and O–H groups in total. The third kappa shape index (κ3) is 5.27. The van der Waals surface area contributed by atoms with E-state index in [0.29, 0.717) is 25.1 Å². The fourth-order valence-corrected chi connectivity index (χ4v) is 4.54. The van der Waals surface area contributed by atoms with Gasteiger partial charge in [-0.1, -0.05) is 24.3 Å². The van der Waals surface area contributed by atoms with Crippen LogP contribution in [0.3, 0.4) is 0 Å². The maximum absolute atomic E-state index is 13.2. The van der Waals surface area contributed by atoms with Gasteiger partial charge in [0.1, 0.15) is 28.9 Å². The summed E-state index contributed by atoms with van der Waals surface area (Å²) in [5.41, 5.74) is 1.54. The Hall–Kier alpha value is -3.91. The average Bonchev–Trinajstić information content (AvgIpc) is 3.57. The predicted octanol–water partition coefficient (Wildman–Crippen LogP) is 4.28. The van der Waals surface area contributed by atoms with Crippen LogP contribution in [0.4, 0.5) is 4.79 Å². The highest BCUT2D eigenvalue weighted by atomic mass is 16.6. The number of ether oxygens (including phenoxy) is 1. The number of rotatable bonds is 4. The Morgan fingerprint density at radius 2 is 1.83 bits per heavy atom. The zero-order valence-corrected chi connectivity index (χ0v) is 20.2. The molecular formula is C27H29N5O3. The average molecular weight is 472 g/mol. The molecule has 1 unspecified atom stereocenters. The van der Waals surface area contributed by atoms with E-state index in [1.165, 1.54) is 4.90 Å². The van der Waals surface area contributed by atoms with Crippen molar-refractivity contribution in [3.63, 3.8) is 0 Å². The van der Waals surface area contributed by atoms with E-state index in [1.54, 1.807) is 33.0 Å². The first-order chi connectivity index (χ1) is 16.7. The van der Waals surface area contributed by atoms with E-state index in [2.05, 4.69) is 16.4 Å².